The summed E-state index contributed by atoms with van der Waals surface area (Å²) in [5.74, 6) is 0. The van der Waals surface area contributed by atoms with E-state index in [1.807, 2.05) is 13.8 Å². The summed E-state index contributed by atoms with van der Waals surface area (Å²) in [4.78, 5) is 24.8. The molecule has 116 valence electrons. The molecular weight excluding hydrogens is 278 g/mol. The van der Waals surface area contributed by atoms with Crippen LogP contribution in [0.3, 0.4) is 0 Å². The van der Waals surface area contributed by atoms with E-state index in [-0.39, 0.29) is 11.4 Å². The maximum Gasteiger partial charge on any atom is 0.411 e. The molecule has 0 spiro atoms. The van der Waals surface area contributed by atoms with Crippen molar-refractivity contribution in [3.8, 4) is 0 Å². The molecule has 6 heteroatoms. The highest BCUT2D eigenvalue weighted by atomic mass is 32.2. The third-order valence-electron chi connectivity index (χ3n) is 3.44. The second kappa shape index (κ2) is 8.39. The molecular formula is C14H25NO4S. The predicted molar refractivity (Wildman–Crippen MR) is 79.8 cm³/mol. The lowest BCUT2D eigenvalue weighted by Crippen LogP contribution is -2.41. The molecule has 0 aromatic rings. The van der Waals surface area contributed by atoms with E-state index in [0.717, 1.165) is 31.0 Å². The Morgan fingerprint density at radius 3 is 2.20 bits per heavy atom. The fraction of sp³-hybridized carbons (Fsp3) is 0.857. The first-order valence-corrected chi connectivity index (χ1v) is 8.22. The van der Waals surface area contributed by atoms with Gasteiger partial charge in [-0.05, 0) is 46.5 Å². The van der Waals surface area contributed by atoms with Gasteiger partial charge in [-0.1, -0.05) is 6.42 Å². The summed E-state index contributed by atoms with van der Waals surface area (Å²) < 4.78 is 10.7. The minimum atomic E-state index is -0.746. The minimum absolute atomic E-state index is 0.339. The molecule has 1 aliphatic rings. The van der Waals surface area contributed by atoms with Crippen molar-refractivity contribution >= 4 is 23.2 Å². The van der Waals surface area contributed by atoms with Crippen LogP contribution in [0.4, 0.5) is 9.59 Å². The van der Waals surface area contributed by atoms with E-state index >= 15 is 0 Å². The average molecular weight is 303 g/mol. The van der Waals surface area contributed by atoms with Gasteiger partial charge in [-0.2, -0.15) is 0 Å². The molecule has 0 unspecified atom stereocenters. The summed E-state index contributed by atoms with van der Waals surface area (Å²) in [6.45, 7) is 7.15. The molecule has 0 bridgehead atoms. The largest absolute Gasteiger partial charge is 0.458 e. The van der Waals surface area contributed by atoms with E-state index in [2.05, 4.69) is 0 Å². The van der Waals surface area contributed by atoms with Crippen LogP contribution in [0.1, 0.15) is 52.9 Å². The number of carbonyl (C=O) groups excluding carboxylic acids is 2. The second-order valence-corrected chi connectivity index (χ2v) is 6.08. The summed E-state index contributed by atoms with van der Waals surface area (Å²) in [6.07, 6.45) is 4.14. The van der Waals surface area contributed by atoms with Crippen LogP contribution in [0.25, 0.3) is 0 Å². The van der Waals surface area contributed by atoms with E-state index in [1.165, 1.54) is 0 Å². The van der Waals surface area contributed by atoms with Crippen LogP contribution in [-0.4, -0.2) is 40.9 Å². The Bertz CT molecular complexity index is 325. The number of amides is 1. The predicted octanol–water partition coefficient (Wildman–Crippen LogP) is 4.01. The number of hydrogen-bond donors (Lipinski definition) is 0. The van der Waals surface area contributed by atoms with Gasteiger partial charge >= 0.3 is 11.4 Å². The Labute approximate surface area is 125 Å². The summed E-state index contributed by atoms with van der Waals surface area (Å²) in [7, 11) is 0. The molecule has 0 heterocycles. The molecule has 1 saturated carbocycles. The van der Waals surface area contributed by atoms with Gasteiger partial charge in [0, 0.05) is 24.9 Å². The van der Waals surface area contributed by atoms with Crippen molar-refractivity contribution < 1.29 is 19.1 Å². The molecule has 1 amide bonds. The number of nitrogens with zero attached hydrogens (tertiary/aromatic N) is 1. The van der Waals surface area contributed by atoms with E-state index in [0.29, 0.717) is 32.5 Å². The Hall–Kier alpha value is -0.910. The van der Waals surface area contributed by atoms with Gasteiger partial charge in [0.25, 0.3) is 0 Å². The Morgan fingerprint density at radius 1 is 1.10 bits per heavy atom. The number of rotatable bonds is 5. The van der Waals surface area contributed by atoms with Gasteiger partial charge in [-0.15, -0.1) is 0 Å². The van der Waals surface area contributed by atoms with Crippen molar-refractivity contribution in [3.63, 3.8) is 0 Å². The first-order chi connectivity index (χ1) is 9.56. The van der Waals surface area contributed by atoms with Gasteiger partial charge in [0.05, 0.1) is 6.61 Å². The van der Waals surface area contributed by atoms with Crippen LogP contribution in [-0.2, 0) is 9.47 Å². The highest BCUT2D eigenvalue weighted by Crippen LogP contribution is 2.42. The Balaban J connectivity index is 2.72. The van der Waals surface area contributed by atoms with Gasteiger partial charge in [-0.3, -0.25) is 0 Å². The van der Waals surface area contributed by atoms with Crippen LogP contribution in [0, 0.1) is 0 Å². The molecule has 0 aromatic carbocycles. The summed E-state index contributed by atoms with van der Waals surface area (Å²) in [5, 5.41) is -0.359. The lowest BCUT2D eigenvalue weighted by Gasteiger charge is -2.36. The van der Waals surface area contributed by atoms with Crippen molar-refractivity contribution in [1.29, 1.82) is 0 Å². The highest BCUT2D eigenvalue weighted by Gasteiger charge is 2.40. The van der Waals surface area contributed by atoms with Crippen molar-refractivity contribution in [2.45, 2.75) is 57.8 Å². The number of carbonyl (C=O) groups is 2. The van der Waals surface area contributed by atoms with Crippen molar-refractivity contribution in [2.24, 2.45) is 0 Å². The molecule has 5 nitrogen and oxygen atoms in total. The van der Waals surface area contributed by atoms with Crippen LogP contribution >= 0.6 is 11.8 Å². The van der Waals surface area contributed by atoms with Crippen LogP contribution < -0.4 is 0 Å². The fourth-order valence-electron chi connectivity index (χ4n) is 2.32. The molecule has 1 aliphatic carbocycles. The normalized spacial score (nSPS) is 17.4. The average Bonchev–Trinajstić information content (AvgIpc) is 2.40. The smallest absolute Gasteiger partial charge is 0.411 e. The van der Waals surface area contributed by atoms with Gasteiger partial charge in [-0.25, -0.2) is 9.59 Å². The number of hydrogen-bond acceptors (Lipinski definition) is 5. The van der Waals surface area contributed by atoms with E-state index in [1.54, 1.807) is 11.8 Å². The molecule has 20 heavy (non-hydrogen) atoms. The zero-order valence-electron chi connectivity index (χ0n) is 12.6. The minimum Gasteiger partial charge on any atom is -0.458 e. The molecule has 0 N–H and O–H groups in total. The maximum atomic E-state index is 12.2. The third-order valence-corrected chi connectivity index (χ3v) is 4.59. The van der Waals surface area contributed by atoms with Crippen molar-refractivity contribution in [2.75, 3.05) is 19.7 Å². The lowest BCUT2D eigenvalue weighted by atomic mass is 9.97. The molecule has 1 fully saturated rings. The van der Waals surface area contributed by atoms with E-state index in [9.17, 15) is 9.59 Å². The molecule has 0 radical (unpaired) electrons. The third kappa shape index (κ3) is 4.89. The van der Waals surface area contributed by atoms with Crippen molar-refractivity contribution in [1.82, 2.24) is 4.90 Å². The summed E-state index contributed by atoms with van der Waals surface area (Å²) >= 11 is 1.03. The topological polar surface area (TPSA) is 55.8 Å². The lowest BCUT2D eigenvalue weighted by molar-refractivity contribution is 0.0276. The monoisotopic (exact) mass is 303 g/mol. The highest BCUT2D eigenvalue weighted by molar-refractivity contribution is 8.14. The molecule has 0 saturated heterocycles. The standard InChI is InChI=1S/C14H25NO4S/c1-4-15(5-2)12(16)19-14(10-8-7-9-11-14)20-13(17)18-6-3/h4-11H2,1-3H3. The maximum absolute atomic E-state index is 12.2. The number of thioether (sulfide) groups is 1. The van der Waals surface area contributed by atoms with Crippen LogP contribution in [0.15, 0.2) is 0 Å². The van der Waals surface area contributed by atoms with E-state index < -0.39 is 4.93 Å². The fourth-order valence-corrected chi connectivity index (χ4v) is 3.41. The molecule has 0 aromatic heterocycles. The quantitative estimate of drug-likeness (QED) is 0.567. The van der Waals surface area contributed by atoms with Gasteiger partial charge in [0.15, 0.2) is 4.93 Å². The van der Waals surface area contributed by atoms with Gasteiger partial charge in [0.1, 0.15) is 0 Å². The van der Waals surface area contributed by atoms with Crippen molar-refractivity contribution in [3.05, 3.63) is 0 Å². The van der Waals surface area contributed by atoms with Crippen LogP contribution in [0.5, 0.6) is 0 Å². The zero-order valence-corrected chi connectivity index (χ0v) is 13.5. The van der Waals surface area contributed by atoms with Crippen LogP contribution in [0.2, 0.25) is 0 Å². The summed E-state index contributed by atoms with van der Waals surface area (Å²) in [6, 6.07) is 0. The Morgan fingerprint density at radius 2 is 1.70 bits per heavy atom. The van der Waals surface area contributed by atoms with Gasteiger partial charge < -0.3 is 14.4 Å². The van der Waals surface area contributed by atoms with E-state index in [4.69, 9.17) is 9.47 Å². The Kier molecular flexibility index (Phi) is 7.19. The van der Waals surface area contributed by atoms with Gasteiger partial charge in [0.2, 0.25) is 0 Å². The molecule has 0 atom stereocenters. The zero-order chi connectivity index (χ0) is 15.0. The molecule has 0 aliphatic heterocycles. The first kappa shape index (κ1) is 17.1. The number of ether oxygens (including phenoxy) is 2. The molecule has 1 rings (SSSR count). The summed E-state index contributed by atoms with van der Waals surface area (Å²) in [5.41, 5.74) is 0. The second-order valence-electron chi connectivity index (χ2n) is 4.80. The first-order valence-electron chi connectivity index (χ1n) is 7.40. The SMILES string of the molecule is CCOC(=O)SC1(OC(=O)N(CC)CC)CCCCC1.